The molecule has 3 aromatic rings. The fraction of sp³-hybridized carbons (Fsp3) is 0.200. The largest absolute Gasteiger partial charge is 0.496 e. The topological polar surface area (TPSA) is 148 Å². The highest BCUT2D eigenvalue weighted by atomic mass is 35.5. The van der Waals surface area contributed by atoms with Crippen LogP contribution in [-0.2, 0) is 26.3 Å². The number of amides is 2. The van der Waals surface area contributed by atoms with Crippen LogP contribution in [0, 0.1) is 0 Å². The van der Waals surface area contributed by atoms with Crippen LogP contribution in [0.3, 0.4) is 0 Å². The first-order valence-corrected chi connectivity index (χ1v) is 15.9. The molecule has 0 unspecified atom stereocenters. The van der Waals surface area contributed by atoms with Crippen molar-refractivity contribution in [1.29, 1.82) is 0 Å². The lowest BCUT2D eigenvalue weighted by Crippen LogP contribution is -2.29. The predicted octanol–water partition coefficient (Wildman–Crippen LogP) is 3.66. The molecular weight excluding hydrogens is 586 g/mol. The minimum absolute atomic E-state index is 0.0816. The summed E-state index contributed by atoms with van der Waals surface area (Å²) < 4.78 is 59.8. The van der Waals surface area contributed by atoms with E-state index >= 15 is 0 Å². The van der Waals surface area contributed by atoms with E-state index in [9.17, 15) is 26.4 Å². The molecule has 208 valence electrons. The number of hydrogen-bond acceptors (Lipinski definition) is 9. The molecule has 3 N–H and O–H groups in total. The lowest BCUT2D eigenvalue weighted by Gasteiger charge is -2.14. The molecule has 39 heavy (non-hydrogen) atoms. The van der Waals surface area contributed by atoms with E-state index < -0.39 is 31.0 Å². The first kappa shape index (κ1) is 30.4. The first-order valence-electron chi connectivity index (χ1n) is 11.3. The van der Waals surface area contributed by atoms with E-state index in [1.54, 1.807) is 24.3 Å². The van der Waals surface area contributed by atoms with Gasteiger partial charge in [-0.15, -0.1) is 0 Å². The molecule has 3 rings (SSSR count). The second-order valence-electron chi connectivity index (χ2n) is 8.18. The average Bonchev–Trinajstić information content (AvgIpc) is 2.88. The number of halogens is 1. The third-order valence-electron chi connectivity index (χ3n) is 5.45. The number of hydrogen-bond donors (Lipinski definition) is 3. The number of sulfonamides is 1. The standard InChI is InChI=1S/C25H26ClN3O7S3/c1-27-37-25(31)29-39(34,35)23-14-16(4-10-20(23)17-5-8-19(9-6-17)38(3,32)33)12-13-28-24(30)21-15-18(26)7-11-22(21)36-2/h4-11,14-15,27H,12-13H2,1-3H3,(H,28,30)(H,29,31). The van der Waals surface area contributed by atoms with Gasteiger partial charge >= 0.3 is 5.24 Å². The van der Waals surface area contributed by atoms with Gasteiger partial charge in [-0.1, -0.05) is 35.9 Å². The number of ether oxygens (including phenoxy) is 1. The van der Waals surface area contributed by atoms with Crippen LogP contribution in [0.1, 0.15) is 15.9 Å². The fourth-order valence-electron chi connectivity index (χ4n) is 3.62. The van der Waals surface area contributed by atoms with Crippen molar-refractivity contribution in [2.75, 3.05) is 27.0 Å². The molecule has 0 fully saturated rings. The molecule has 0 saturated heterocycles. The van der Waals surface area contributed by atoms with Crippen LogP contribution >= 0.6 is 23.5 Å². The number of carbonyl (C=O) groups excluding carboxylic acids is 2. The van der Waals surface area contributed by atoms with Crippen molar-refractivity contribution in [3.8, 4) is 16.9 Å². The maximum atomic E-state index is 13.2. The molecule has 0 radical (unpaired) electrons. The molecule has 0 aliphatic carbocycles. The monoisotopic (exact) mass is 611 g/mol. The fourth-order valence-corrected chi connectivity index (χ4v) is 6.21. The molecule has 0 heterocycles. The van der Waals surface area contributed by atoms with Gasteiger partial charge in [0.05, 0.1) is 22.5 Å². The summed E-state index contributed by atoms with van der Waals surface area (Å²) in [5.41, 5.74) is 1.52. The van der Waals surface area contributed by atoms with Gasteiger partial charge in [0.15, 0.2) is 9.84 Å². The number of rotatable bonds is 10. The Labute approximate surface area is 236 Å². The molecule has 0 aliphatic rings. The minimum Gasteiger partial charge on any atom is -0.496 e. The van der Waals surface area contributed by atoms with Gasteiger partial charge in [0, 0.05) is 35.3 Å². The highest BCUT2D eigenvalue weighted by Gasteiger charge is 2.23. The highest BCUT2D eigenvalue weighted by Crippen LogP contribution is 2.30. The molecule has 14 heteroatoms. The number of methoxy groups -OCH3 is 1. The van der Waals surface area contributed by atoms with Crippen molar-refractivity contribution in [3.63, 3.8) is 0 Å². The van der Waals surface area contributed by atoms with Crippen LogP contribution in [0.15, 0.2) is 70.5 Å². The zero-order valence-corrected chi connectivity index (χ0v) is 24.4. The Morgan fingerprint density at radius 3 is 2.28 bits per heavy atom. The summed E-state index contributed by atoms with van der Waals surface area (Å²) in [4.78, 5) is 24.6. The molecule has 0 spiro atoms. The van der Waals surface area contributed by atoms with Gasteiger partial charge in [0.2, 0.25) is 0 Å². The highest BCUT2D eigenvalue weighted by molar-refractivity contribution is 8.13. The van der Waals surface area contributed by atoms with Crippen LogP contribution in [0.2, 0.25) is 5.02 Å². The third-order valence-corrected chi connectivity index (χ3v) is 8.80. The maximum absolute atomic E-state index is 13.2. The van der Waals surface area contributed by atoms with Crippen molar-refractivity contribution in [2.45, 2.75) is 16.2 Å². The van der Waals surface area contributed by atoms with E-state index in [2.05, 4.69) is 10.0 Å². The lowest BCUT2D eigenvalue weighted by molar-refractivity contribution is 0.0951. The number of benzene rings is 3. The average molecular weight is 612 g/mol. The van der Waals surface area contributed by atoms with Crippen LogP contribution in [0.4, 0.5) is 4.79 Å². The minimum atomic E-state index is -4.32. The smallest absolute Gasteiger partial charge is 0.307 e. The Hall–Kier alpha value is -3.10. The van der Waals surface area contributed by atoms with E-state index in [0.29, 0.717) is 33.8 Å². The maximum Gasteiger partial charge on any atom is 0.307 e. The lowest BCUT2D eigenvalue weighted by atomic mass is 10.0. The predicted molar refractivity (Wildman–Crippen MR) is 151 cm³/mol. The van der Waals surface area contributed by atoms with E-state index in [1.807, 2.05) is 4.72 Å². The van der Waals surface area contributed by atoms with Crippen molar-refractivity contribution < 1.29 is 31.2 Å². The van der Waals surface area contributed by atoms with Crippen molar-refractivity contribution in [3.05, 3.63) is 76.8 Å². The summed E-state index contributed by atoms with van der Waals surface area (Å²) in [7, 11) is -4.86. The van der Waals surface area contributed by atoms with Crippen molar-refractivity contribution >= 4 is 54.6 Å². The van der Waals surface area contributed by atoms with Crippen LogP contribution < -0.4 is 19.5 Å². The molecule has 0 aromatic heterocycles. The Kier molecular flexibility index (Phi) is 10.0. The van der Waals surface area contributed by atoms with Crippen LogP contribution in [-0.4, -0.2) is 54.9 Å². The van der Waals surface area contributed by atoms with Crippen molar-refractivity contribution in [1.82, 2.24) is 14.8 Å². The third kappa shape index (κ3) is 7.96. The Morgan fingerprint density at radius 2 is 1.67 bits per heavy atom. The SMILES string of the molecule is CNSC(=O)NS(=O)(=O)c1cc(CCNC(=O)c2cc(Cl)ccc2OC)ccc1-c1ccc(S(C)(=O)=O)cc1. The second-order valence-corrected chi connectivity index (χ2v) is 13.3. The van der Waals surface area contributed by atoms with E-state index in [0.717, 1.165) is 6.26 Å². The number of carbonyl (C=O) groups is 2. The van der Waals surface area contributed by atoms with Crippen molar-refractivity contribution in [2.24, 2.45) is 0 Å². The summed E-state index contributed by atoms with van der Waals surface area (Å²) in [6, 6.07) is 15.1. The Morgan fingerprint density at radius 1 is 0.974 bits per heavy atom. The molecule has 3 aromatic carbocycles. The Bertz CT molecular complexity index is 1590. The quantitative estimate of drug-likeness (QED) is 0.292. The van der Waals surface area contributed by atoms with Gasteiger partial charge in [-0.25, -0.2) is 21.6 Å². The van der Waals surface area contributed by atoms with E-state index in [4.69, 9.17) is 16.3 Å². The first-order chi connectivity index (χ1) is 18.4. The zero-order chi connectivity index (χ0) is 28.8. The molecule has 2 amide bonds. The summed E-state index contributed by atoms with van der Waals surface area (Å²) >= 11 is 6.57. The Balaban J connectivity index is 1.90. The van der Waals surface area contributed by atoms with Gasteiger partial charge in [0.25, 0.3) is 15.9 Å². The molecule has 0 bridgehead atoms. The van der Waals surface area contributed by atoms with Gasteiger partial charge in [-0.05, 0) is 61.0 Å². The zero-order valence-electron chi connectivity index (χ0n) is 21.1. The number of sulfone groups is 1. The van der Waals surface area contributed by atoms with E-state index in [1.165, 1.54) is 50.6 Å². The van der Waals surface area contributed by atoms with Crippen LogP contribution in [0.5, 0.6) is 5.75 Å². The molecule has 0 atom stereocenters. The molecule has 0 saturated carbocycles. The van der Waals surface area contributed by atoms with Gasteiger partial charge in [-0.3, -0.25) is 14.3 Å². The second kappa shape index (κ2) is 12.8. The summed E-state index contributed by atoms with van der Waals surface area (Å²) in [5.74, 6) is -0.0622. The van der Waals surface area contributed by atoms with Gasteiger partial charge in [0.1, 0.15) is 5.75 Å². The van der Waals surface area contributed by atoms with E-state index in [-0.39, 0.29) is 33.9 Å². The van der Waals surface area contributed by atoms with Crippen LogP contribution in [0.25, 0.3) is 11.1 Å². The summed E-state index contributed by atoms with van der Waals surface area (Å²) in [6.45, 7) is 0.165. The van der Waals surface area contributed by atoms with Gasteiger partial charge < -0.3 is 10.1 Å². The normalized spacial score (nSPS) is 11.6. The summed E-state index contributed by atoms with van der Waals surface area (Å²) in [6.07, 6.45) is 1.34. The molecule has 10 nitrogen and oxygen atoms in total. The molecule has 0 aliphatic heterocycles. The summed E-state index contributed by atoms with van der Waals surface area (Å²) in [5, 5.41) is 2.30. The van der Waals surface area contributed by atoms with Gasteiger partial charge in [-0.2, -0.15) is 0 Å². The molecular formula is C25H26ClN3O7S3. The number of nitrogens with one attached hydrogen (secondary N) is 3.